The smallest absolute Gasteiger partial charge is 0.168 e. The zero-order chi connectivity index (χ0) is 18.0. The maximum absolute atomic E-state index is 15.3. The first-order chi connectivity index (χ1) is 11.9. The first-order valence-electron chi connectivity index (χ1n) is 9.69. The lowest BCUT2D eigenvalue weighted by Crippen LogP contribution is -2.39. The molecule has 0 unspecified atom stereocenters. The van der Waals surface area contributed by atoms with Crippen molar-refractivity contribution in [1.82, 2.24) is 0 Å². The molecule has 0 aliphatic heterocycles. The molecule has 1 fully saturated rings. The van der Waals surface area contributed by atoms with Crippen LogP contribution in [0.25, 0.3) is 0 Å². The summed E-state index contributed by atoms with van der Waals surface area (Å²) in [6.07, 6.45) is 8.99. The van der Waals surface area contributed by atoms with Crippen LogP contribution in [0.3, 0.4) is 0 Å². The van der Waals surface area contributed by atoms with Gasteiger partial charge in [0.25, 0.3) is 0 Å². The Morgan fingerprint density at radius 3 is 2.24 bits per heavy atom. The Hall–Kier alpha value is -1.58. The summed E-state index contributed by atoms with van der Waals surface area (Å²) in [5.74, 6) is -1.22. The predicted octanol–water partition coefficient (Wildman–Crippen LogP) is 4.20. The van der Waals surface area contributed by atoms with Gasteiger partial charge < -0.3 is 14.6 Å². The van der Waals surface area contributed by atoms with Crippen LogP contribution in [0.2, 0.25) is 0 Å². The van der Waals surface area contributed by atoms with Gasteiger partial charge in [0.05, 0.1) is 5.97 Å². The van der Waals surface area contributed by atoms with Gasteiger partial charge in [-0.2, -0.15) is 0 Å². The number of carboxylic acids is 1. The minimum atomic E-state index is -1.23. The minimum Gasteiger partial charge on any atom is -0.545 e. The highest BCUT2D eigenvalue weighted by atomic mass is 19.1. The molecule has 0 saturated heterocycles. The van der Waals surface area contributed by atoms with Gasteiger partial charge in [-0.25, -0.2) is 4.39 Å². The quantitative estimate of drug-likeness (QED) is 0.820. The van der Waals surface area contributed by atoms with Gasteiger partial charge in [0, 0.05) is 5.56 Å². The normalized spacial score (nSPS) is 20.0. The monoisotopic (exact) mass is 347 g/mol. The van der Waals surface area contributed by atoms with E-state index >= 15 is 4.39 Å². The molecule has 0 radical (unpaired) electrons. The van der Waals surface area contributed by atoms with E-state index < -0.39 is 5.97 Å². The molecule has 0 aromatic heterocycles. The van der Waals surface area contributed by atoms with Crippen LogP contribution in [0.15, 0.2) is 6.07 Å². The fourth-order valence-electron chi connectivity index (χ4n) is 4.47. The largest absolute Gasteiger partial charge is 0.545 e. The van der Waals surface area contributed by atoms with Crippen LogP contribution in [0, 0.1) is 11.7 Å². The molecule has 25 heavy (non-hydrogen) atoms. The van der Waals surface area contributed by atoms with Gasteiger partial charge in [-0.05, 0) is 74.5 Å². The Bertz CT molecular complexity index is 645. The molecule has 2 aliphatic carbocycles. The number of benzene rings is 1. The van der Waals surface area contributed by atoms with Crippen LogP contribution in [-0.2, 0) is 12.8 Å². The molecule has 0 bridgehead atoms. The third-order valence-electron chi connectivity index (χ3n) is 6.08. The number of hydrogen-bond acceptors (Lipinski definition) is 3. The van der Waals surface area contributed by atoms with Crippen molar-refractivity contribution >= 4 is 5.97 Å². The molecular formula is C21H28FO3-. The number of hydrogen-bond donors (Lipinski definition) is 0. The molecule has 0 N–H and O–H groups in total. The van der Waals surface area contributed by atoms with Crippen molar-refractivity contribution in [3.8, 4) is 5.75 Å². The highest BCUT2D eigenvalue weighted by Gasteiger charge is 2.40. The zero-order valence-electron chi connectivity index (χ0n) is 15.3. The van der Waals surface area contributed by atoms with Crippen LogP contribution >= 0.6 is 0 Å². The zero-order valence-corrected chi connectivity index (χ0v) is 15.3. The molecule has 3 rings (SSSR count). The van der Waals surface area contributed by atoms with Crippen molar-refractivity contribution in [1.29, 1.82) is 0 Å². The van der Waals surface area contributed by atoms with Crippen LogP contribution in [-0.4, -0.2) is 11.6 Å². The fourth-order valence-corrected chi connectivity index (χ4v) is 4.47. The van der Waals surface area contributed by atoms with E-state index in [4.69, 9.17) is 4.74 Å². The maximum atomic E-state index is 15.3. The summed E-state index contributed by atoms with van der Waals surface area (Å²) < 4.78 is 21.5. The van der Waals surface area contributed by atoms with E-state index in [1.807, 2.05) is 0 Å². The second-order valence-corrected chi connectivity index (χ2v) is 7.92. The van der Waals surface area contributed by atoms with E-state index in [1.54, 1.807) is 0 Å². The molecule has 0 amide bonds. The molecule has 138 valence electrons. The highest BCUT2D eigenvalue weighted by Crippen LogP contribution is 2.42. The topological polar surface area (TPSA) is 49.4 Å². The van der Waals surface area contributed by atoms with Crippen molar-refractivity contribution in [3.63, 3.8) is 0 Å². The molecule has 0 atom stereocenters. The van der Waals surface area contributed by atoms with Crippen LogP contribution in [0.1, 0.15) is 86.7 Å². The summed E-state index contributed by atoms with van der Waals surface area (Å²) in [7, 11) is 0. The summed E-state index contributed by atoms with van der Waals surface area (Å²) in [4.78, 5) is 11.7. The summed E-state index contributed by atoms with van der Waals surface area (Å²) in [5.41, 5.74) is 0.882. The number of aromatic carboxylic acids is 1. The molecule has 4 heteroatoms. The van der Waals surface area contributed by atoms with Gasteiger partial charge in [0.15, 0.2) is 11.6 Å². The number of carboxylic acid groups (broad SMARTS) is 1. The van der Waals surface area contributed by atoms with E-state index in [9.17, 15) is 9.90 Å². The average Bonchev–Trinajstić information content (AvgIpc) is 3.00. The van der Waals surface area contributed by atoms with E-state index in [1.165, 1.54) is 6.07 Å². The van der Waals surface area contributed by atoms with Gasteiger partial charge >= 0.3 is 0 Å². The Balaban J connectivity index is 2.06. The van der Waals surface area contributed by atoms with Gasteiger partial charge in [-0.3, -0.25) is 0 Å². The summed E-state index contributed by atoms with van der Waals surface area (Å²) in [6, 6.07) is 1.38. The summed E-state index contributed by atoms with van der Waals surface area (Å²) in [6.45, 7) is 4.19. The first-order valence-corrected chi connectivity index (χ1v) is 9.69. The number of carbonyl (C=O) groups excluding carboxylic acids is 1. The number of rotatable bonds is 4. The maximum Gasteiger partial charge on any atom is 0.168 e. The minimum absolute atomic E-state index is 0.106. The molecule has 1 saturated carbocycles. The van der Waals surface area contributed by atoms with Crippen molar-refractivity contribution in [2.45, 2.75) is 83.7 Å². The number of carbonyl (C=O) groups is 1. The second-order valence-electron chi connectivity index (χ2n) is 7.92. The van der Waals surface area contributed by atoms with Crippen molar-refractivity contribution in [2.75, 3.05) is 0 Å². The van der Waals surface area contributed by atoms with Crippen molar-refractivity contribution in [3.05, 3.63) is 28.6 Å². The Morgan fingerprint density at radius 1 is 1.08 bits per heavy atom. The Labute approximate surface area is 149 Å². The molecule has 2 aliphatic rings. The average molecular weight is 347 g/mol. The van der Waals surface area contributed by atoms with Gasteiger partial charge in [0.2, 0.25) is 0 Å². The standard InChI is InChI=1S/C21H29FO3/c1-14(2)21(11-7-8-12-21)25-18-13-17(20(23)24)15-9-5-3-4-6-10-16(15)19(18)22/h13-14H,3-12H2,1-2H3,(H,23,24)/p-1. The van der Waals surface area contributed by atoms with E-state index in [2.05, 4.69) is 13.8 Å². The van der Waals surface area contributed by atoms with Gasteiger partial charge in [0.1, 0.15) is 5.60 Å². The molecule has 0 spiro atoms. The number of ether oxygens (including phenoxy) is 1. The summed E-state index contributed by atoms with van der Waals surface area (Å²) in [5, 5.41) is 11.7. The van der Waals surface area contributed by atoms with Gasteiger partial charge in [-0.15, -0.1) is 0 Å². The lowest BCUT2D eigenvalue weighted by atomic mass is 9.87. The third-order valence-corrected chi connectivity index (χ3v) is 6.08. The molecule has 1 aromatic carbocycles. The predicted molar refractivity (Wildman–Crippen MR) is 93.3 cm³/mol. The third kappa shape index (κ3) is 3.54. The van der Waals surface area contributed by atoms with Crippen molar-refractivity contribution in [2.24, 2.45) is 5.92 Å². The molecule has 3 nitrogen and oxygen atoms in total. The van der Waals surface area contributed by atoms with E-state index in [-0.39, 0.29) is 28.6 Å². The SMILES string of the molecule is CC(C)C1(Oc2cc(C(=O)[O-])c3c(c2F)CCCCCC3)CCCC1. The fraction of sp³-hybridized carbons (Fsp3) is 0.667. The molecule has 1 aromatic rings. The molecule has 0 heterocycles. The number of halogens is 1. The lowest BCUT2D eigenvalue weighted by Gasteiger charge is -2.35. The lowest BCUT2D eigenvalue weighted by molar-refractivity contribution is -0.255. The van der Waals surface area contributed by atoms with E-state index in [0.717, 1.165) is 51.4 Å². The Morgan fingerprint density at radius 2 is 1.68 bits per heavy atom. The van der Waals surface area contributed by atoms with Crippen LogP contribution in [0.4, 0.5) is 4.39 Å². The van der Waals surface area contributed by atoms with E-state index in [0.29, 0.717) is 24.0 Å². The number of fused-ring (bicyclic) bond motifs is 1. The highest BCUT2D eigenvalue weighted by molar-refractivity contribution is 5.89. The van der Waals surface area contributed by atoms with Gasteiger partial charge in [-0.1, -0.05) is 26.7 Å². The second kappa shape index (κ2) is 7.35. The summed E-state index contributed by atoms with van der Waals surface area (Å²) >= 11 is 0. The van der Waals surface area contributed by atoms with Crippen molar-refractivity contribution < 1.29 is 19.0 Å². The molecular weight excluding hydrogens is 319 g/mol. The Kier molecular flexibility index (Phi) is 5.35. The van der Waals surface area contributed by atoms with Crippen LogP contribution in [0.5, 0.6) is 5.75 Å². The van der Waals surface area contributed by atoms with Crippen LogP contribution < -0.4 is 9.84 Å². The first kappa shape index (κ1) is 18.2.